The van der Waals surface area contributed by atoms with Gasteiger partial charge in [-0.2, -0.15) is 49.7 Å². The summed E-state index contributed by atoms with van der Waals surface area (Å²) < 4.78 is 139. The van der Waals surface area contributed by atoms with Crippen molar-refractivity contribution >= 4 is 34.3 Å². The number of hydrogen-bond acceptors (Lipinski definition) is 19. The monoisotopic (exact) mass is 1860 g/mol. The van der Waals surface area contributed by atoms with Crippen LogP contribution in [0.5, 0.6) is 17.2 Å². The minimum atomic E-state index is -4.24. The standard InChI is InChI=1S/2C33H39F3N6O3.C31H36F3N7O3/c2*1-19-7-8-24(22(4)38-19)25-9-10-42-28(25)16-26(31(43)37-17-27-29(45-6)15-20(2)39-32(27)44)21(3)30(42)23(5)41-13-11-40(12-14-41)18-33(34,35)36;1-18-6-7-25(38-37-18)22-8-9-41-26(22)15-23(29(42)35-16-24-27(44-5)14-19(2)36-30(24)43)20(3)28(41)21(4)40-12-10-39(11-13-40)17-31(32,33)34/h2*7-10,15-16,23H,11-14,17-18H2,1-6H3,(H,37,43)(H,39,44);6-9,14-15,21H,10-13,16-17H2,1-5H3,(H,35,42)(H,36,43)/t2*23-;/m10./s1. The molecule has 1 unspecified atom stereocenters. The van der Waals surface area contributed by atoms with Crippen molar-refractivity contribution in [2.24, 2.45) is 0 Å². The average molecular weight is 1860 g/mol. The molecule has 0 radical (unpaired) electrons. The van der Waals surface area contributed by atoms with Crippen LogP contribution in [0.1, 0.15) is 166 Å². The van der Waals surface area contributed by atoms with Crippen LogP contribution in [0.4, 0.5) is 39.5 Å². The summed E-state index contributed by atoms with van der Waals surface area (Å²) in [6.07, 6.45) is -6.86. The second-order valence-corrected chi connectivity index (χ2v) is 34.7. The number of ether oxygens (including phenoxy) is 3. The van der Waals surface area contributed by atoms with Gasteiger partial charge in [-0.3, -0.25) is 68.1 Å². The maximum atomic E-state index is 13.9. The van der Waals surface area contributed by atoms with E-state index >= 15 is 0 Å². The number of aromatic nitrogens is 10. The number of aromatic amines is 3. The molecule has 6 N–H and O–H groups in total. The zero-order valence-electron chi connectivity index (χ0n) is 78.2. The molecule has 12 aromatic heterocycles. The smallest absolute Gasteiger partial charge is 0.401 e. The number of fused-ring (bicyclic) bond motifs is 3. The molecular formula is C97H114F9N19O9. The molecule has 0 aliphatic carbocycles. The van der Waals surface area contributed by atoms with Gasteiger partial charge in [-0.1, -0.05) is 12.1 Å². The fraction of sp³-hybridized carbons (Fsp3) is 0.423. The number of nitrogens with zero attached hydrogens (tertiary/aromatic N) is 13. The van der Waals surface area contributed by atoms with Crippen LogP contribution in [0.3, 0.4) is 0 Å². The van der Waals surface area contributed by atoms with Gasteiger partial charge in [0, 0.05) is 217 Å². The summed E-state index contributed by atoms with van der Waals surface area (Å²) in [5.41, 5.74) is 19.7. The molecule has 3 amide bonds. The second-order valence-electron chi connectivity index (χ2n) is 34.7. The van der Waals surface area contributed by atoms with Crippen LogP contribution >= 0.6 is 0 Å². The number of nitrogens with one attached hydrogen (secondary N) is 6. The van der Waals surface area contributed by atoms with E-state index in [2.05, 4.69) is 74.6 Å². The zero-order chi connectivity index (χ0) is 97.0. The zero-order valence-corrected chi connectivity index (χ0v) is 78.2. The number of rotatable bonds is 24. The highest BCUT2D eigenvalue weighted by Crippen LogP contribution is 2.40. The highest BCUT2D eigenvalue weighted by Gasteiger charge is 2.39. The maximum Gasteiger partial charge on any atom is 0.401 e. The molecule has 0 aromatic carbocycles. The van der Waals surface area contributed by atoms with Gasteiger partial charge in [0.1, 0.15) is 17.2 Å². The Morgan fingerprint density at radius 3 is 0.925 bits per heavy atom. The van der Waals surface area contributed by atoms with Crippen LogP contribution in [-0.4, -0.2) is 233 Å². The minimum absolute atomic E-state index is 0.0385. The molecule has 0 saturated carbocycles. The Labute approximate surface area is 769 Å². The van der Waals surface area contributed by atoms with E-state index in [4.69, 9.17) is 14.2 Å². The number of carbonyl (C=O) groups excluding carboxylic acids is 3. The first-order valence-electron chi connectivity index (χ1n) is 44.3. The third-order valence-electron chi connectivity index (χ3n) is 25.5. The number of methoxy groups -OCH3 is 3. The summed E-state index contributed by atoms with van der Waals surface area (Å²) in [4.78, 5) is 108. The fourth-order valence-electron chi connectivity index (χ4n) is 18.6. The maximum absolute atomic E-state index is 13.9. The molecule has 15 heterocycles. The van der Waals surface area contributed by atoms with Gasteiger partial charge < -0.3 is 58.3 Å². The molecule has 3 atom stereocenters. The van der Waals surface area contributed by atoms with E-state index in [1.54, 1.807) is 45.0 Å². The highest BCUT2D eigenvalue weighted by molar-refractivity contribution is 6.01. The average Bonchev–Trinajstić information content (AvgIpc) is 1.59. The molecule has 714 valence electrons. The summed E-state index contributed by atoms with van der Waals surface area (Å²) in [5.74, 6) is 0.0674. The molecule has 28 nitrogen and oxygen atoms in total. The molecule has 3 saturated heterocycles. The van der Waals surface area contributed by atoms with Gasteiger partial charge in [0.2, 0.25) is 0 Å². The van der Waals surface area contributed by atoms with E-state index in [1.165, 1.54) is 36.0 Å². The third kappa shape index (κ3) is 22.6. The van der Waals surface area contributed by atoms with E-state index in [-0.39, 0.29) is 85.2 Å². The first-order chi connectivity index (χ1) is 63.4. The van der Waals surface area contributed by atoms with Crippen LogP contribution < -0.4 is 46.8 Å². The van der Waals surface area contributed by atoms with Gasteiger partial charge in [0.05, 0.1) is 105 Å². The Balaban J connectivity index is 0.000000170. The highest BCUT2D eigenvalue weighted by atomic mass is 19.4. The number of H-pyrrole nitrogens is 3. The minimum Gasteiger partial charge on any atom is -0.496 e. The SMILES string of the molecule is COc1cc(C)[nH]c(=O)c1CNC(=O)c1cc2c(-c3ccc(C)nc3C)ccn2c([C@@H](C)N2CCN(CC(F)(F)F)CC2)c1C.COc1cc(C)[nH]c(=O)c1CNC(=O)c1cc2c(-c3ccc(C)nc3C)ccn2c([C@H](C)N2CCN(CC(F)(F)F)CC2)c1C.COc1cc(C)[nH]c(=O)c1CNC(=O)c1cc2c(-c3ccc(C)nn3)ccn2c(C(C)N2CCN(CC(F)(F)F)CC2)c1C. The molecule has 134 heavy (non-hydrogen) atoms. The summed E-state index contributed by atoms with van der Waals surface area (Å²) in [5, 5.41) is 17.3. The quantitative estimate of drug-likeness (QED) is 0.0306. The van der Waals surface area contributed by atoms with Crippen LogP contribution in [0.15, 0.2) is 124 Å². The van der Waals surface area contributed by atoms with E-state index in [1.807, 2.05) is 166 Å². The Morgan fingerprint density at radius 2 is 0.657 bits per heavy atom. The molecule has 3 aliphatic heterocycles. The van der Waals surface area contributed by atoms with Gasteiger partial charge in [0.25, 0.3) is 34.4 Å². The number of aryl methyl sites for hydroxylation is 8. The first-order valence-corrected chi connectivity index (χ1v) is 44.3. The van der Waals surface area contributed by atoms with Gasteiger partial charge in [-0.25, -0.2) is 0 Å². The Hall–Kier alpha value is -12.6. The predicted octanol–water partition coefficient (Wildman–Crippen LogP) is 14.4. The molecule has 0 spiro atoms. The number of piperazine rings is 3. The van der Waals surface area contributed by atoms with Crippen molar-refractivity contribution in [2.75, 3.05) is 120 Å². The Bertz CT molecular complexity index is 6270. The topological polar surface area (TPSA) is 298 Å². The molecule has 12 aromatic rings. The van der Waals surface area contributed by atoms with Gasteiger partial charge >= 0.3 is 18.5 Å². The van der Waals surface area contributed by atoms with Crippen LogP contribution in [0.25, 0.3) is 50.1 Å². The molecule has 3 fully saturated rings. The van der Waals surface area contributed by atoms with Crippen LogP contribution in [0, 0.1) is 76.2 Å². The Kier molecular flexibility index (Phi) is 30.4. The van der Waals surface area contributed by atoms with Crippen molar-refractivity contribution in [3.63, 3.8) is 0 Å². The molecule has 0 bridgehead atoms. The lowest BCUT2D eigenvalue weighted by Crippen LogP contribution is -2.49. The molecule has 37 heteroatoms. The van der Waals surface area contributed by atoms with E-state index in [0.29, 0.717) is 139 Å². The summed E-state index contributed by atoms with van der Waals surface area (Å²) in [7, 11) is 4.42. The summed E-state index contributed by atoms with van der Waals surface area (Å²) in [6.45, 7) is 28.1. The third-order valence-corrected chi connectivity index (χ3v) is 25.5. The van der Waals surface area contributed by atoms with Crippen molar-refractivity contribution in [1.29, 1.82) is 0 Å². The molecule has 15 rings (SSSR count). The molecular weight excluding hydrogens is 1750 g/mol. The van der Waals surface area contributed by atoms with Gasteiger partial charge in [0.15, 0.2) is 0 Å². The lowest BCUT2D eigenvalue weighted by molar-refractivity contribution is -0.150. The number of pyridine rings is 8. The van der Waals surface area contributed by atoms with Crippen molar-refractivity contribution in [3.05, 3.63) is 253 Å². The van der Waals surface area contributed by atoms with E-state index in [9.17, 15) is 68.3 Å². The first kappa shape index (κ1) is 98.9. The van der Waals surface area contributed by atoms with Crippen LogP contribution in [0.2, 0.25) is 0 Å². The predicted molar refractivity (Wildman–Crippen MR) is 494 cm³/mol. The van der Waals surface area contributed by atoms with Crippen LogP contribution in [-0.2, 0) is 19.6 Å². The second kappa shape index (κ2) is 41.1. The van der Waals surface area contributed by atoms with Gasteiger partial charge in [-0.15, -0.1) is 0 Å². The largest absolute Gasteiger partial charge is 0.496 e. The number of halogens is 9. The fourth-order valence-corrected chi connectivity index (χ4v) is 18.6. The summed E-state index contributed by atoms with van der Waals surface area (Å²) >= 11 is 0. The summed E-state index contributed by atoms with van der Waals surface area (Å²) in [6, 6.07) is 27.6. The Morgan fingerprint density at radius 1 is 0.373 bits per heavy atom. The number of carbonyl (C=O) groups is 3. The number of amides is 3. The number of alkyl halides is 9. The van der Waals surface area contributed by atoms with E-state index < -0.39 is 38.2 Å². The lowest BCUT2D eigenvalue weighted by atomic mass is 9.98. The van der Waals surface area contributed by atoms with Crippen molar-refractivity contribution in [1.82, 2.24) is 93.7 Å². The van der Waals surface area contributed by atoms with Crippen molar-refractivity contribution in [2.45, 2.75) is 153 Å². The lowest BCUT2D eigenvalue weighted by Gasteiger charge is -2.39. The van der Waals surface area contributed by atoms with Gasteiger partial charge in [-0.05, 0) is 192 Å². The van der Waals surface area contributed by atoms with E-state index in [0.717, 1.165) is 107 Å². The van der Waals surface area contributed by atoms with Crippen molar-refractivity contribution < 1.29 is 68.1 Å². The molecule has 3 aliphatic rings. The normalized spacial score (nSPS) is 15.4. The van der Waals surface area contributed by atoms with Crippen molar-refractivity contribution in [3.8, 4) is 50.8 Å². The number of hydrogen-bond donors (Lipinski definition) is 6.